The van der Waals surface area contributed by atoms with Crippen molar-refractivity contribution in [3.8, 4) is 5.75 Å². The molecule has 1 N–H and O–H groups in total. The van der Waals surface area contributed by atoms with Crippen molar-refractivity contribution in [2.75, 3.05) is 23.3 Å². The number of amides is 4. The molecule has 1 atom stereocenters. The summed E-state index contributed by atoms with van der Waals surface area (Å²) in [6.07, 6.45) is -0.629. The number of ether oxygens (including phenoxy) is 1. The number of carbonyl (C=O) groups is 4. The van der Waals surface area contributed by atoms with Crippen molar-refractivity contribution in [1.82, 2.24) is 4.90 Å². The maximum absolute atomic E-state index is 12.5. The number of carbonyl (C=O) groups excluding carboxylic acids is 4. The molecule has 4 amide bonds. The number of hydrogen-bond acceptors (Lipinski definition) is 5. The molecule has 2 aliphatic rings. The van der Waals surface area contributed by atoms with Gasteiger partial charge in [-0.25, -0.2) is 0 Å². The molecule has 0 saturated carbocycles. The number of imide groups is 1. The number of hydrogen-bond donors (Lipinski definition) is 1. The number of rotatable bonds is 5. The summed E-state index contributed by atoms with van der Waals surface area (Å²) >= 11 is 0. The molecule has 8 heteroatoms. The van der Waals surface area contributed by atoms with Crippen LogP contribution in [-0.4, -0.2) is 47.7 Å². The van der Waals surface area contributed by atoms with Gasteiger partial charge in [-0.15, -0.1) is 0 Å². The van der Waals surface area contributed by atoms with Gasteiger partial charge in [-0.05, 0) is 37.1 Å². The third kappa shape index (κ3) is 3.76. The third-order valence-electron chi connectivity index (χ3n) is 5.18. The molecule has 0 spiro atoms. The Kier molecular flexibility index (Phi) is 5.22. The van der Waals surface area contributed by atoms with Crippen molar-refractivity contribution in [1.29, 1.82) is 0 Å². The van der Waals surface area contributed by atoms with Crippen LogP contribution in [0.1, 0.15) is 41.5 Å². The minimum absolute atomic E-state index is 0.108. The van der Waals surface area contributed by atoms with Crippen LogP contribution in [-0.2, 0) is 9.59 Å². The number of benzene rings is 2. The molecular formula is C23H23N3O5. The first-order valence-corrected chi connectivity index (χ1v) is 10.1. The number of anilines is 2. The van der Waals surface area contributed by atoms with Crippen LogP contribution in [0.15, 0.2) is 42.5 Å². The van der Waals surface area contributed by atoms with Gasteiger partial charge in [0.15, 0.2) is 6.10 Å². The molecule has 2 aromatic rings. The zero-order valence-electron chi connectivity index (χ0n) is 17.5. The van der Waals surface area contributed by atoms with Crippen LogP contribution < -0.4 is 15.0 Å². The van der Waals surface area contributed by atoms with Crippen LogP contribution in [0.5, 0.6) is 5.75 Å². The zero-order chi connectivity index (χ0) is 22.3. The fourth-order valence-electron chi connectivity index (χ4n) is 3.77. The maximum Gasteiger partial charge on any atom is 0.267 e. The van der Waals surface area contributed by atoms with Gasteiger partial charge in [0.1, 0.15) is 12.3 Å². The highest BCUT2D eigenvalue weighted by atomic mass is 16.5. The first-order chi connectivity index (χ1) is 14.8. The van der Waals surface area contributed by atoms with E-state index in [4.69, 9.17) is 4.74 Å². The van der Waals surface area contributed by atoms with Gasteiger partial charge in [-0.1, -0.05) is 26.0 Å². The molecule has 8 nitrogen and oxygen atoms in total. The van der Waals surface area contributed by atoms with E-state index in [1.54, 1.807) is 54.3 Å². The van der Waals surface area contributed by atoms with E-state index in [-0.39, 0.29) is 11.8 Å². The average molecular weight is 421 g/mol. The van der Waals surface area contributed by atoms with Crippen LogP contribution in [0.4, 0.5) is 11.4 Å². The molecule has 31 heavy (non-hydrogen) atoms. The molecule has 0 saturated heterocycles. The van der Waals surface area contributed by atoms with E-state index in [0.717, 1.165) is 4.90 Å². The van der Waals surface area contributed by atoms with Crippen LogP contribution >= 0.6 is 0 Å². The summed E-state index contributed by atoms with van der Waals surface area (Å²) in [4.78, 5) is 52.6. The Morgan fingerprint density at radius 1 is 1.03 bits per heavy atom. The summed E-state index contributed by atoms with van der Waals surface area (Å²) in [7, 11) is 0. The van der Waals surface area contributed by atoms with E-state index in [0.29, 0.717) is 34.8 Å². The predicted molar refractivity (Wildman–Crippen MR) is 114 cm³/mol. The summed E-state index contributed by atoms with van der Waals surface area (Å²) in [5, 5.41) is 2.70. The SMILES string of the molecule is CC(C)CN1C(=O)C(C)Oc2cc(NC(=O)CN3C(=O)c4ccccc4C3=O)ccc21. The summed E-state index contributed by atoms with van der Waals surface area (Å²) in [5.74, 6) is -0.813. The summed E-state index contributed by atoms with van der Waals surface area (Å²) in [5.41, 5.74) is 1.69. The lowest BCUT2D eigenvalue weighted by Gasteiger charge is -2.34. The fourth-order valence-corrected chi connectivity index (χ4v) is 3.77. The predicted octanol–water partition coefficient (Wildman–Crippen LogP) is 2.69. The van der Waals surface area contributed by atoms with E-state index in [2.05, 4.69) is 5.32 Å². The van der Waals surface area contributed by atoms with Gasteiger partial charge in [-0.3, -0.25) is 24.1 Å². The van der Waals surface area contributed by atoms with Crippen molar-refractivity contribution in [3.63, 3.8) is 0 Å². The average Bonchev–Trinajstić information content (AvgIpc) is 2.96. The van der Waals surface area contributed by atoms with Gasteiger partial charge in [-0.2, -0.15) is 0 Å². The minimum atomic E-state index is -0.629. The highest BCUT2D eigenvalue weighted by Crippen LogP contribution is 2.36. The Labute approximate surface area is 179 Å². The quantitative estimate of drug-likeness (QED) is 0.749. The standard InChI is InChI=1S/C23H23N3O5/c1-13(2)11-25-18-9-8-15(10-19(18)31-14(3)21(25)28)24-20(27)12-26-22(29)16-6-4-5-7-17(16)23(26)30/h4-10,13-14H,11-12H2,1-3H3,(H,24,27). The second-order valence-corrected chi connectivity index (χ2v) is 8.08. The minimum Gasteiger partial charge on any atom is -0.479 e. The van der Waals surface area contributed by atoms with Gasteiger partial charge in [0.2, 0.25) is 5.91 Å². The second kappa shape index (κ2) is 7.86. The van der Waals surface area contributed by atoms with Crippen molar-refractivity contribution < 1.29 is 23.9 Å². The Hall–Kier alpha value is -3.68. The monoisotopic (exact) mass is 421 g/mol. The molecule has 0 aromatic heterocycles. The smallest absolute Gasteiger partial charge is 0.267 e. The summed E-state index contributed by atoms with van der Waals surface area (Å²) in [6.45, 7) is 5.91. The normalized spacial score (nSPS) is 17.5. The molecule has 0 radical (unpaired) electrons. The molecular weight excluding hydrogens is 398 g/mol. The Morgan fingerprint density at radius 2 is 1.68 bits per heavy atom. The van der Waals surface area contributed by atoms with Crippen molar-refractivity contribution >= 4 is 35.0 Å². The Morgan fingerprint density at radius 3 is 2.29 bits per heavy atom. The van der Waals surface area contributed by atoms with Gasteiger partial charge >= 0.3 is 0 Å². The van der Waals surface area contributed by atoms with Gasteiger partial charge in [0, 0.05) is 18.3 Å². The summed E-state index contributed by atoms with van der Waals surface area (Å²) in [6, 6.07) is 11.5. The maximum atomic E-state index is 12.5. The largest absolute Gasteiger partial charge is 0.479 e. The summed E-state index contributed by atoms with van der Waals surface area (Å²) < 4.78 is 5.73. The number of nitrogens with one attached hydrogen (secondary N) is 1. The van der Waals surface area contributed by atoms with E-state index in [1.807, 2.05) is 13.8 Å². The number of fused-ring (bicyclic) bond motifs is 2. The van der Waals surface area contributed by atoms with Crippen molar-refractivity contribution in [2.45, 2.75) is 26.9 Å². The van der Waals surface area contributed by atoms with Crippen LogP contribution in [0, 0.1) is 5.92 Å². The molecule has 0 aliphatic carbocycles. The van der Waals surface area contributed by atoms with Crippen molar-refractivity contribution in [2.24, 2.45) is 5.92 Å². The van der Waals surface area contributed by atoms with Gasteiger partial charge in [0.25, 0.3) is 17.7 Å². The van der Waals surface area contributed by atoms with Gasteiger partial charge < -0.3 is 15.0 Å². The van der Waals surface area contributed by atoms with E-state index >= 15 is 0 Å². The molecule has 2 heterocycles. The zero-order valence-corrected chi connectivity index (χ0v) is 17.5. The Balaban J connectivity index is 1.49. The molecule has 160 valence electrons. The lowest BCUT2D eigenvalue weighted by molar-refractivity contribution is -0.125. The molecule has 1 unspecified atom stereocenters. The Bertz CT molecular complexity index is 1060. The molecule has 0 fully saturated rings. The van der Waals surface area contributed by atoms with E-state index in [9.17, 15) is 19.2 Å². The highest BCUT2D eigenvalue weighted by Gasteiger charge is 2.36. The first kappa shape index (κ1) is 20.6. The second-order valence-electron chi connectivity index (χ2n) is 8.08. The van der Waals surface area contributed by atoms with Crippen LogP contribution in [0.3, 0.4) is 0 Å². The van der Waals surface area contributed by atoms with Gasteiger partial charge in [0.05, 0.1) is 16.8 Å². The van der Waals surface area contributed by atoms with Crippen LogP contribution in [0.2, 0.25) is 0 Å². The molecule has 2 aromatic carbocycles. The lowest BCUT2D eigenvalue weighted by atomic mass is 10.1. The lowest BCUT2D eigenvalue weighted by Crippen LogP contribution is -2.46. The topological polar surface area (TPSA) is 96.0 Å². The highest BCUT2D eigenvalue weighted by molar-refractivity contribution is 6.22. The van der Waals surface area contributed by atoms with E-state index in [1.165, 1.54) is 0 Å². The van der Waals surface area contributed by atoms with Crippen LogP contribution in [0.25, 0.3) is 0 Å². The van der Waals surface area contributed by atoms with E-state index < -0.39 is 30.4 Å². The first-order valence-electron chi connectivity index (χ1n) is 10.1. The van der Waals surface area contributed by atoms with Crippen molar-refractivity contribution in [3.05, 3.63) is 53.6 Å². The molecule has 0 bridgehead atoms. The molecule has 2 aliphatic heterocycles. The third-order valence-corrected chi connectivity index (χ3v) is 5.18. The fraction of sp³-hybridized carbons (Fsp3) is 0.304. The number of nitrogens with zero attached hydrogens (tertiary/aromatic N) is 2. The molecule has 4 rings (SSSR count).